The molecular formula is C34H35N3O5. The van der Waals surface area contributed by atoms with Gasteiger partial charge in [-0.2, -0.15) is 0 Å². The van der Waals surface area contributed by atoms with Gasteiger partial charge in [-0.25, -0.2) is 4.79 Å². The predicted octanol–water partition coefficient (Wildman–Crippen LogP) is 5.92. The van der Waals surface area contributed by atoms with E-state index in [9.17, 15) is 9.59 Å². The second-order valence-corrected chi connectivity index (χ2v) is 10.8. The van der Waals surface area contributed by atoms with Crippen LogP contribution >= 0.6 is 0 Å². The zero-order valence-electron chi connectivity index (χ0n) is 24.0. The summed E-state index contributed by atoms with van der Waals surface area (Å²) in [5.74, 6) is 1.84. The fraction of sp³-hybridized carbons (Fsp3) is 0.324. The van der Waals surface area contributed by atoms with Gasteiger partial charge >= 0.3 is 6.03 Å². The van der Waals surface area contributed by atoms with E-state index in [1.165, 1.54) is 10.5 Å². The van der Waals surface area contributed by atoms with Crippen LogP contribution in [0.2, 0.25) is 0 Å². The molecule has 0 radical (unpaired) electrons. The first-order valence-corrected chi connectivity index (χ1v) is 14.6. The summed E-state index contributed by atoms with van der Waals surface area (Å²) in [4.78, 5) is 32.7. The number of imide groups is 1. The molecule has 0 spiro atoms. The average Bonchev–Trinajstić information content (AvgIpc) is 3.27. The Hall–Kier alpha value is -4.59. The highest BCUT2D eigenvalue weighted by molar-refractivity contribution is 6.07. The monoisotopic (exact) mass is 565 g/mol. The average molecular weight is 566 g/mol. The Morgan fingerprint density at radius 3 is 2.60 bits per heavy atom. The number of unbranched alkanes of at least 4 members (excludes halogenated alkanes) is 1. The van der Waals surface area contributed by atoms with Gasteiger partial charge in [0, 0.05) is 30.1 Å². The molecule has 0 bridgehead atoms. The summed E-state index contributed by atoms with van der Waals surface area (Å²) < 4.78 is 17.8. The van der Waals surface area contributed by atoms with Crippen molar-refractivity contribution in [2.24, 2.45) is 0 Å². The summed E-state index contributed by atoms with van der Waals surface area (Å²) in [7, 11) is 0. The molecule has 3 amide bonds. The van der Waals surface area contributed by atoms with E-state index in [0.29, 0.717) is 69.1 Å². The molecular weight excluding hydrogens is 530 g/mol. The van der Waals surface area contributed by atoms with Gasteiger partial charge in [0.25, 0.3) is 5.91 Å². The Kier molecular flexibility index (Phi) is 7.69. The van der Waals surface area contributed by atoms with Gasteiger partial charge in [0.1, 0.15) is 24.5 Å². The van der Waals surface area contributed by atoms with Gasteiger partial charge in [0.05, 0.1) is 12.1 Å². The molecule has 6 rings (SSSR count). The molecule has 3 heterocycles. The summed E-state index contributed by atoms with van der Waals surface area (Å²) >= 11 is 0. The molecule has 216 valence electrons. The van der Waals surface area contributed by atoms with Crippen molar-refractivity contribution in [3.05, 3.63) is 95.2 Å². The van der Waals surface area contributed by atoms with Gasteiger partial charge in [-0.1, -0.05) is 55.5 Å². The Balaban J connectivity index is 1.13. The van der Waals surface area contributed by atoms with Crippen molar-refractivity contribution in [3.63, 3.8) is 0 Å². The van der Waals surface area contributed by atoms with Crippen molar-refractivity contribution in [2.75, 3.05) is 26.4 Å². The van der Waals surface area contributed by atoms with Crippen molar-refractivity contribution >= 4 is 22.8 Å². The Labute approximate surface area is 245 Å². The molecule has 1 atom stereocenters. The van der Waals surface area contributed by atoms with E-state index in [1.54, 1.807) is 12.1 Å². The van der Waals surface area contributed by atoms with Gasteiger partial charge in [0.2, 0.25) is 0 Å². The summed E-state index contributed by atoms with van der Waals surface area (Å²) in [6, 6.07) is 21.5. The van der Waals surface area contributed by atoms with E-state index < -0.39 is 5.54 Å². The van der Waals surface area contributed by atoms with Crippen LogP contribution in [0.4, 0.5) is 4.79 Å². The largest absolute Gasteiger partial charge is 0.493 e. The normalized spacial score (nSPS) is 17.9. The molecule has 1 saturated heterocycles. The number of nitrogens with zero attached hydrogens (tertiary/aromatic N) is 2. The summed E-state index contributed by atoms with van der Waals surface area (Å²) in [5.41, 5.74) is 3.82. The van der Waals surface area contributed by atoms with Crippen molar-refractivity contribution < 1.29 is 23.8 Å². The molecule has 3 aromatic carbocycles. The maximum atomic E-state index is 13.7. The molecule has 1 fully saturated rings. The van der Waals surface area contributed by atoms with E-state index in [4.69, 9.17) is 19.2 Å². The van der Waals surface area contributed by atoms with Gasteiger partial charge in [-0.05, 0) is 61.1 Å². The number of fused-ring (bicyclic) bond motifs is 2. The molecule has 8 nitrogen and oxygen atoms in total. The SMILES string of the molecule is CCC1(c2ccc3c(c2)OCCO3)NC(=O)N(CCCCOc2c(Cc3ccccc3)cnc3c(C)cccc23)C1=O. The van der Waals surface area contributed by atoms with Gasteiger partial charge in [-0.15, -0.1) is 0 Å². The Morgan fingerprint density at radius 1 is 0.976 bits per heavy atom. The van der Waals surface area contributed by atoms with Crippen molar-refractivity contribution in [3.8, 4) is 17.2 Å². The summed E-state index contributed by atoms with van der Waals surface area (Å²) in [5, 5.41) is 3.96. The molecule has 0 saturated carbocycles. The fourth-order valence-corrected chi connectivity index (χ4v) is 5.82. The molecule has 4 aromatic rings. The number of aromatic nitrogens is 1. The topological polar surface area (TPSA) is 90.0 Å². The number of hydrogen-bond acceptors (Lipinski definition) is 6. The highest BCUT2D eigenvalue weighted by Crippen LogP contribution is 2.39. The van der Waals surface area contributed by atoms with E-state index in [1.807, 2.05) is 43.5 Å². The van der Waals surface area contributed by atoms with Crippen LogP contribution in [0.15, 0.2) is 72.9 Å². The number of hydrogen-bond donors (Lipinski definition) is 1. The van der Waals surface area contributed by atoms with Crippen molar-refractivity contribution in [1.29, 1.82) is 0 Å². The number of aryl methyl sites for hydroxylation is 1. The zero-order chi connectivity index (χ0) is 29.1. The lowest BCUT2D eigenvalue weighted by molar-refractivity contribution is -0.131. The highest BCUT2D eigenvalue weighted by atomic mass is 16.6. The van der Waals surface area contributed by atoms with E-state index in [0.717, 1.165) is 27.8 Å². The first-order valence-electron chi connectivity index (χ1n) is 14.6. The predicted molar refractivity (Wildman–Crippen MR) is 160 cm³/mol. The van der Waals surface area contributed by atoms with Crippen molar-refractivity contribution in [2.45, 2.75) is 45.1 Å². The van der Waals surface area contributed by atoms with Crippen LogP contribution in [-0.2, 0) is 16.8 Å². The Morgan fingerprint density at radius 2 is 1.79 bits per heavy atom. The smallest absolute Gasteiger partial charge is 0.325 e. The van der Waals surface area contributed by atoms with Crippen LogP contribution in [0, 0.1) is 6.92 Å². The van der Waals surface area contributed by atoms with Gasteiger partial charge in [0.15, 0.2) is 11.5 Å². The maximum absolute atomic E-state index is 13.7. The molecule has 0 aliphatic carbocycles. The lowest BCUT2D eigenvalue weighted by atomic mass is 9.87. The molecule has 1 N–H and O–H groups in total. The van der Waals surface area contributed by atoms with Crippen LogP contribution in [0.3, 0.4) is 0 Å². The number of amides is 3. The lowest BCUT2D eigenvalue weighted by Gasteiger charge is -2.27. The van der Waals surface area contributed by atoms with Crippen LogP contribution in [0.25, 0.3) is 10.9 Å². The molecule has 1 aromatic heterocycles. The zero-order valence-corrected chi connectivity index (χ0v) is 24.0. The lowest BCUT2D eigenvalue weighted by Crippen LogP contribution is -2.43. The van der Waals surface area contributed by atoms with Crippen LogP contribution in [-0.4, -0.2) is 48.2 Å². The fourth-order valence-electron chi connectivity index (χ4n) is 5.82. The molecule has 1 unspecified atom stereocenters. The van der Waals surface area contributed by atoms with E-state index in [-0.39, 0.29) is 11.9 Å². The number of urea groups is 1. The van der Waals surface area contributed by atoms with E-state index >= 15 is 0 Å². The number of rotatable bonds is 10. The second kappa shape index (κ2) is 11.7. The molecule has 2 aliphatic rings. The molecule has 2 aliphatic heterocycles. The minimum absolute atomic E-state index is 0.242. The van der Waals surface area contributed by atoms with Crippen LogP contribution in [0.1, 0.15) is 48.4 Å². The number of pyridine rings is 1. The minimum atomic E-state index is -1.12. The first-order chi connectivity index (χ1) is 20.5. The van der Waals surface area contributed by atoms with Gasteiger partial charge in [-0.3, -0.25) is 14.7 Å². The third kappa shape index (κ3) is 5.13. The van der Waals surface area contributed by atoms with Gasteiger partial charge < -0.3 is 19.5 Å². The van der Waals surface area contributed by atoms with Crippen LogP contribution in [0.5, 0.6) is 17.2 Å². The maximum Gasteiger partial charge on any atom is 0.325 e. The third-order valence-corrected chi connectivity index (χ3v) is 8.12. The molecule has 8 heteroatoms. The first kappa shape index (κ1) is 27.6. The minimum Gasteiger partial charge on any atom is -0.493 e. The van der Waals surface area contributed by atoms with Crippen LogP contribution < -0.4 is 19.5 Å². The standard InChI is InChI=1S/C34H35N3O5/c1-3-34(26-14-15-28-29(21-26)41-19-18-40-28)32(38)37(33(39)36-34)16-7-8-17-42-31-25(20-24-11-5-4-6-12-24)22-35-30-23(2)10-9-13-27(30)31/h4-6,9-15,21-22H,3,7-8,16-20H2,1-2H3,(H,36,39). The number of nitrogens with one attached hydrogen (secondary N) is 1. The Bertz CT molecular complexity index is 1620. The number of benzene rings is 3. The summed E-state index contributed by atoms with van der Waals surface area (Å²) in [6.45, 7) is 5.67. The van der Waals surface area contributed by atoms with Crippen molar-refractivity contribution in [1.82, 2.24) is 15.2 Å². The quantitative estimate of drug-likeness (QED) is 0.190. The number of ether oxygens (including phenoxy) is 3. The summed E-state index contributed by atoms with van der Waals surface area (Å²) in [6.07, 6.45) is 4.36. The number of carbonyl (C=O) groups is 2. The number of carbonyl (C=O) groups excluding carboxylic acids is 2. The highest BCUT2D eigenvalue weighted by Gasteiger charge is 2.51. The van der Waals surface area contributed by atoms with E-state index in [2.05, 4.69) is 36.5 Å². The molecule has 42 heavy (non-hydrogen) atoms. The second-order valence-electron chi connectivity index (χ2n) is 10.8. The third-order valence-electron chi connectivity index (χ3n) is 8.12. The number of para-hydroxylation sites is 1.